The molecule has 0 aromatic heterocycles. The molecule has 2 nitrogen and oxygen atoms in total. The molecule has 1 aromatic carbocycles. The fourth-order valence-corrected chi connectivity index (χ4v) is 3.77. The van der Waals surface area contributed by atoms with E-state index >= 15 is 0 Å². The van der Waals surface area contributed by atoms with Crippen molar-refractivity contribution in [2.24, 2.45) is 0 Å². The molecule has 0 saturated carbocycles. The lowest BCUT2D eigenvalue weighted by molar-refractivity contribution is 0.340. The van der Waals surface area contributed by atoms with Gasteiger partial charge in [-0.15, -0.1) is 23.5 Å². The molecule has 1 aromatic rings. The SMILES string of the molecule is COc1ccc(C2SC=C(CO)S2)cc1. The van der Waals surface area contributed by atoms with Crippen molar-refractivity contribution in [3.63, 3.8) is 0 Å². The van der Waals surface area contributed by atoms with Crippen molar-refractivity contribution >= 4 is 23.5 Å². The molecule has 0 fully saturated rings. The third-order valence-electron chi connectivity index (χ3n) is 2.13. The minimum atomic E-state index is 0.143. The fourth-order valence-electron chi connectivity index (χ4n) is 1.31. The Morgan fingerprint density at radius 3 is 2.60 bits per heavy atom. The number of methoxy groups -OCH3 is 1. The maximum Gasteiger partial charge on any atom is 0.118 e. The van der Waals surface area contributed by atoms with Gasteiger partial charge in [0.1, 0.15) is 5.75 Å². The molecule has 0 amide bonds. The van der Waals surface area contributed by atoms with Gasteiger partial charge in [-0.25, -0.2) is 0 Å². The van der Waals surface area contributed by atoms with E-state index in [4.69, 9.17) is 9.84 Å². The largest absolute Gasteiger partial charge is 0.497 e. The number of benzene rings is 1. The molecule has 1 N–H and O–H groups in total. The van der Waals surface area contributed by atoms with E-state index in [0.717, 1.165) is 10.7 Å². The molecular formula is C11H12O2S2. The van der Waals surface area contributed by atoms with Gasteiger partial charge in [0.2, 0.25) is 0 Å². The van der Waals surface area contributed by atoms with E-state index in [-0.39, 0.29) is 6.61 Å². The van der Waals surface area contributed by atoms with Gasteiger partial charge in [0.05, 0.1) is 18.3 Å². The highest BCUT2D eigenvalue weighted by Gasteiger charge is 2.19. The number of hydrogen-bond acceptors (Lipinski definition) is 4. The van der Waals surface area contributed by atoms with Gasteiger partial charge < -0.3 is 9.84 Å². The Kier molecular flexibility index (Phi) is 3.61. The van der Waals surface area contributed by atoms with Gasteiger partial charge >= 0.3 is 0 Å². The number of aliphatic hydroxyl groups excluding tert-OH is 1. The van der Waals surface area contributed by atoms with Crippen LogP contribution in [-0.4, -0.2) is 18.8 Å². The van der Waals surface area contributed by atoms with E-state index in [1.165, 1.54) is 5.56 Å². The molecular weight excluding hydrogens is 228 g/mol. The maximum absolute atomic E-state index is 8.99. The second-order valence-electron chi connectivity index (χ2n) is 3.10. The first-order valence-electron chi connectivity index (χ1n) is 4.59. The summed E-state index contributed by atoms with van der Waals surface area (Å²) in [4.78, 5) is 1.04. The normalized spacial score (nSPS) is 20.1. The minimum Gasteiger partial charge on any atom is -0.497 e. The van der Waals surface area contributed by atoms with Crippen LogP contribution < -0.4 is 4.74 Å². The summed E-state index contributed by atoms with van der Waals surface area (Å²) in [5.41, 5.74) is 1.26. The number of ether oxygens (including phenoxy) is 1. The van der Waals surface area contributed by atoms with Crippen LogP contribution in [0.5, 0.6) is 5.75 Å². The van der Waals surface area contributed by atoms with Crippen molar-refractivity contribution in [1.29, 1.82) is 0 Å². The van der Waals surface area contributed by atoms with Crippen LogP contribution in [0.2, 0.25) is 0 Å². The first kappa shape index (κ1) is 10.9. The Balaban J connectivity index is 2.05. The van der Waals surface area contributed by atoms with Crippen LogP contribution in [0.3, 0.4) is 0 Å². The third kappa shape index (κ3) is 2.51. The minimum absolute atomic E-state index is 0.143. The van der Waals surface area contributed by atoms with Gasteiger partial charge in [-0.05, 0) is 23.1 Å². The zero-order chi connectivity index (χ0) is 10.7. The molecule has 80 valence electrons. The van der Waals surface area contributed by atoms with E-state index < -0.39 is 0 Å². The Labute approximate surface area is 97.7 Å². The van der Waals surface area contributed by atoms with Crippen LogP contribution in [0.15, 0.2) is 34.6 Å². The predicted octanol–water partition coefficient (Wildman–Crippen LogP) is 3.01. The summed E-state index contributed by atoms with van der Waals surface area (Å²) in [5.74, 6) is 0.877. The molecule has 15 heavy (non-hydrogen) atoms. The molecule has 1 aliphatic rings. The summed E-state index contributed by atoms with van der Waals surface area (Å²) in [6.45, 7) is 0.143. The van der Waals surface area contributed by atoms with Gasteiger partial charge in [0.15, 0.2) is 0 Å². The van der Waals surface area contributed by atoms with Crippen LogP contribution in [0.4, 0.5) is 0 Å². The van der Waals surface area contributed by atoms with Crippen molar-refractivity contribution < 1.29 is 9.84 Å². The topological polar surface area (TPSA) is 29.5 Å². The molecule has 1 atom stereocenters. The first-order chi connectivity index (χ1) is 7.33. The monoisotopic (exact) mass is 240 g/mol. The number of aliphatic hydroxyl groups is 1. The zero-order valence-corrected chi connectivity index (χ0v) is 9.98. The van der Waals surface area contributed by atoms with Gasteiger partial charge in [0.25, 0.3) is 0 Å². The van der Waals surface area contributed by atoms with Gasteiger partial charge in [-0.3, -0.25) is 0 Å². The lowest BCUT2D eigenvalue weighted by Crippen LogP contribution is -1.88. The van der Waals surface area contributed by atoms with Gasteiger partial charge in [-0.1, -0.05) is 12.1 Å². The number of hydrogen-bond donors (Lipinski definition) is 1. The van der Waals surface area contributed by atoms with E-state index in [1.807, 2.05) is 17.5 Å². The first-order valence-corrected chi connectivity index (χ1v) is 6.41. The van der Waals surface area contributed by atoms with Crippen LogP contribution in [0.1, 0.15) is 10.1 Å². The molecule has 0 radical (unpaired) electrons. The number of rotatable bonds is 3. The fraction of sp³-hybridized carbons (Fsp3) is 0.273. The highest BCUT2D eigenvalue weighted by atomic mass is 32.2. The Morgan fingerprint density at radius 2 is 2.07 bits per heavy atom. The van der Waals surface area contributed by atoms with E-state index in [9.17, 15) is 0 Å². The summed E-state index contributed by atoms with van der Waals surface area (Å²) >= 11 is 3.45. The van der Waals surface area contributed by atoms with Crippen molar-refractivity contribution in [3.05, 3.63) is 40.1 Å². The lowest BCUT2D eigenvalue weighted by atomic mass is 10.2. The second kappa shape index (κ2) is 4.96. The van der Waals surface area contributed by atoms with Crippen molar-refractivity contribution in [2.45, 2.75) is 4.58 Å². The van der Waals surface area contributed by atoms with Crippen LogP contribution >= 0.6 is 23.5 Å². The van der Waals surface area contributed by atoms with E-state index in [1.54, 1.807) is 30.6 Å². The van der Waals surface area contributed by atoms with Crippen molar-refractivity contribution in [2.75, 3.05) is 13.7 Å². The van der Waals surface area contributed by atoms with Crippen LogP contribution in [-0.2, 0) is 0 Å². The Hall–Kier alpha value is -0.580. The summed E-state index contributed by atoms with van der Waals surface area (Å²) in [5, 5.41) is 11.0. The average molecular weight is 240 g/mol. The van der Waals surface area contributed by atoms with Gasteiger partial charge in [-0.2, -0.15) is 0 Å². The highest BCUT2D eigenvalue weighted by molar-refractivity contribution is 8.22. The van der Waals surface area contributed by atoms with Crippen molar-refractivity contribution in [1.82, 2.24) is 0 Å². The molecule has 0 spiro atoms. The van der Waals surface area contributed by atoms with Crippen molar-refractivity contribution in [3.8, 4) is 5.75 Å². The average Bonchev–Trinajstić information content (AvgIpc) is 2.78. The summed E-state index contributed by atoms with van der Waals surface area (Å²) in [6, 6.07) is 8.07. The molecule has 1 heterocycles. The molecule has 1 aliphatic heterocycles. The Morgan fingerprint density at radius 1 is 1.33 bits per heavy atom. The van der Waals surface area contributed by atoms with Gasteiger partial charge in [0, 0.05) is 4.91 Å². The molecule has 4 heteroatoms. The summed E-state index contributed by atoms with van der Waals surface area (Å²) < 4.78 is 5.48. The molecule has 2 rings (SSSR count). The summed E-state index contributed by atoms with van der Waals surface area (Å²) in [6.07, 6.45) is 0. The predicted molar refractivity (Wildman–Crippen MR) is 66.1 cm³/mol. The standard InChI is InChI=1S/C11H12O2S2/c1-13-9-4-2-8(3-5-9)11-14-7-10(6-12)15-11/h2-5,7,11-12H,6H2,1H3. The second-order valence-corrected chi connectivity index (χ2v) is 5.61. The quantitative estimate of drug-likeness (QED) is 0.879. The highest BCUT2D eigenvalue weighted by Crippen LogP contribution is 2.50. The molecule has 0 aliphatic carbocycles. The molecule has 0 saturated heterocycles. The van der Waals surface area contributed by atoms with E-state index in [2.05, 4.69) is 12.1 Å². The Bertz CT molecular complexity index is 359. The van der Waals surface area contributed by atoms with Crippen LogP contribution in [0, 0.1) is 0 Å². The third-order valence-corrected chi connectivity index (χ3v) is 4.87. The smallest absolute Gasteiger partial charge is 0.118 e. The van der Waals surface area contributed by atoms with E-state index in [0.29, 0.717) is 4.58 Å². The summed E-state index contributed by atoms with van der Waals surface area (Å²) in [7, 11) is 1.67. The molecule has 0 bridgehead atoms. The molecule has 1 unspecified atom stereocenters. The number of thioether (sulfide) groups is 2. The van der Waals surface area contributed by atoms with Crippen LogP contribution in [0.25, 0.3) is 0 Å². The maximum atomic E-state index is 8.99. The lowest BCUT2D eigenvalue weighted by Gasteiger charge is -2.09. The zero-order valence-electron chi connectivity index (χ0n) is 8.34.